The van der Waals surface area contributed by atoms with E-state index in [1.807, 2.05) is 9.80 Å². The maximum atomic E-state index is 14.6. The van der Waals surface area contributed by atoms with Gasteiger partial charge >= 0.3 is 12.1 Å². The molecule has 2 aliphatic heterocycles. The first-order chi connectivity index (χ1) is 19.0. The van der Waals surface area contributed by atoms with Crippen molar-refractivity contribution in [1.29, 1.82) is 0 Å². The lowest BCUT2D eigenvalue weighted by Crippen LogP contribution is -2.61. The number of hydrogen-bond donors (Lipinski definition) is 0. The standard InChI is InChI=1S/C27H26F4N4O4S/c1-39-25(36)9-10-33-11-12-34-20(16-33)17-35(40(37,38)21-6-4-5-19(14-21)27(29,30)31)24-13-18(15-32-26(24)34)22-7-2-3-8-23(22)28/h2-8,13-15,20H,9-12,16-17H2,1H3/t20-/m0/s1. The van der Waals surface area contributed by atoms with Crippen molar-refractivity contribution in [3.05, 3.63) is 72.2 Å². The van der Waals surface area contributed by atoms with E-state index in [1.54, 1.807) is 6.07 Å². The van der Waals surface area contributed by atoms with Crippen LogP contribution < -0.4 is 9.21 Å². The van der Waals surface area contributed by atoms with Crippen molar-refractivity contribution < 1.29 is 35.5 Å². The maximum absolute atomic E-state index is 14.6. The van der Waals surface area contributed by atoms with Gasteiger partial charge in [0.05, 0.1) is 42.3 Å². The molecule has 0 spiro atoms. The van der Waals surface area contributed by atoms with E-state index >= 15 is 0 Å². The van der Waals surface area contributed by atoms with E-state index < -0.39 is 38.5 Å². The van der Waals surface area contributed by atoms with Gasteiger partial charge in [-0.2, -0.15) is 13.2 Å². The molecule has 1 fully saturated rings. The van der Waals surface area contributed by atoms with Crippen LogP contribution in [0.25, 0.3) is 11.1 Å². The molecule has 2 aliphatic rings. The number of alkyl halides is 3. The Kier molecular flexibility index (Phi) is 7.44. The Bertz CT molecular complexity index is 1530. The third-order valence-corrected chi connectivity index (χ3v) is 8.90. The lowest BCUT2D eigenvalue weighted by Gasteiger charge is -2.48. The molecule has 0 bridgehead atoms. The summed E-state index contributed by atoms with van der Waals surface area (Å²) in [4.78, 5) is 19.6. The second kappa shape index (κ2) is 10.7. The minimum atomic E-state index is -4.73. The fraction of sp³-hybridized carbons (Fsp3) is 0.333. The van der Waals surface area contributed by atoms with Crippen molar-refractivity contribution in [2.24, 2.45) is 0 Å². The number of rotatable bonds is 6. The van der Waals surface area contributed by atoms with Gasteiger partial charge < -0.3 is 9.64 Å². The number of halogens is 4. The van der Waals surface area contributed by atoms with E-state index in [0.29, 0.717) is 43.6 Å². The van der Waals surface area contributed by atoms with Crippen molar-refractivity contribution in [3.8, 4) is 11.1 Å². The molecule has 1 atom stereocenters. The molecule has 0 aliphatic carbocycles. The number of anilines is 2. The number of nitrogens with zero attached hydrogens (tertiary/aromatic N) is 4. The number of pyridine rings is 1. The lowest BCUT2D eigenvalue weighted by atomic mass is 10.0. The SMILES string of the molecule is COC(=O)CCN1CCN2c3ncc(-c4ccccc4F)cc3N(S(=O)(=O)c3cccc(C(F)(F)F)c3)C[C@@H]2C1. The molecule has 0 N–H and O–H groups in total. The van der Waals surface area contributed by atoms with Gasteiger partial charge in [-0.05, 0) is 30.3 Å². The van der Waals surface area contributed by atoms with Crippen LogP contribution >= 0.6 is 0 Å². The molecule has 3 aromatic rings. The Morgan fingerprint density at radius 3 is 2.58 bits per heavy atom. The summed E-state index contributed by atoms with van der Waals surface area (Å²) in [7, 11) is -3.18. The van der Waals surface area contributed by atoms with Gasteiger partial charge in [0, 0.05) is 43.5 Å². The first-order valence-electron chi connectivity index (χ1n) is 12.5. The molecule has 2 aromatic carbocycles. The van der Waals surface area contributed by atoms with E-state index in [4.69, 9.17) is 4.74 Å². The maximum Gasteiger partial charge on any atom is 0.416 e. The normalized spacial score (nSPS) is 17.8. The van der Waals surface area contributed by atoms with Crippen LogP contribution in [0.1, 0.15) is 12.0 Å². The van der Waals surface area contributed by atoms with Gasteiger partial charge in [-0.3, -0.25) is 14.0 Å². The number of benzene rings is 2. The summed E-state index contributed by atoms with van der Waals surface area (Å²) in [5.74, 6) is -0.559. The monoisotopic (exact) mass is 578 g/mol. The largest absolute Gasteiger partial charge is 0.469 e. The molecule has 1 aromatic heterocycles. The van der Waals surface area contributed by atoms with Crippen LogP contribution in [0.15, 0.2) is 65.7 Å². The first kappa shape index (κ1) is 27.8. The summed E-state index contributed by atoms with van der Waals surface area (Å²) < 4.78 is 88.5. The Morgan fingerprint density at radius 2 is 1.85 bits per heavy atom. The van der Waals surface area contributed by atoms with Gasteiger partial charge in [0.1, 0.15) is 5.82 Å². The second-order valence-corrected chi connectivity index (χ2v) is 11.4. The van der Waals surface area contributed by atoms with Gasteiger partial charge in [0.25, 0.3) is 10.0 Å². The van der Waals surface area contributed by atoms with E-state index in [9.17, 15) is 30.8 Å². The first-order valence-corrected chi connectivity index (χ1v) is 13.9. The highest BCUT2D eigenvalue weighted by Crippen LogP contribution is 2.41. The fourth-order valence-electron chi connectivity index (χ4n) is 5.08. The molecule has 40 heavy (non-hydrogen) atoms. The molecule has 5 rings (SSSR count). The topological polar surface area (TPSA) is 83.1 Å². The van der Waals surface area contributed by atoms with E-state index in [1.165, 1.54) is 37.6 Å². The smallest absolute Gasteiger partial charge is 0.416 e. The highest BCUT2D eigenvalue weighted by molar-refractivity contribution is 7.92. The Hall–Kier alpha value is -3.71. The Labute approximate surface area is 228 Å². The van der Waals surface area contributed by atoms with Gasteiger partial charge in [0.2, 0.25) is 0 Å². The molecule has 0 radical (unpaired) electrons. The quantitative estimate of drug-likeness (QED) is 0.321. The highest BCUT2D eigenvalue weighted by Gasteiger charge is 2.41. The molecule has 212 valence electrons. The van der Waals surface area contributed by atoms with E-state index in [-0.39, 0.29) is 30.2 Å². The van der Waals surface area contributed by atoms with Gasteiger partial charge in [0.15, 0.2) is 5.82 Å². The molecular weight excluding hydrogens is 552 g/mol. The van der Waals surface area contributed by atoms with Crippen LogP contribution in [0.4, 0.5) is 29.1 Å². The van der Waals surface area contributed by atoms with Crippen LogP contribution in [-0.4, -0.2) is 70.1 Å². The molecule has 1 saturated heterocycles. The minimum absolute atomic E-state index is 0.0806. The zero-order chi connectivity index (χ0) is 28.7. The van der Waals surface area contributed by atoms with Crippen LogP contribution in [0.3, 0.4) is 0 Å². The van der Waals surface area contributed by atoms with Crippen molar-refractivity contribution in [1.82, 2.24) is 9.88 Å². The molecular formula is C27H26F4N4O4S. The van der Waals surface area contributed by atoms with Crippen molar-refractivity contribution >= 4 is 27.5 Å². The highest BCUT2D eigenvalue weighted by atomic mass is 32.2. The summed E-state index contributed by atoms with van der Waals surface area (Å²) in [6.45, 7) is 1.76. The molecule has 0 saturated carbocycles. The summed E-state index contributed by atoms with van der Waals surface area (Å²) in [5, 5.41) is 0. The average molecular weight is 579 g/mol. The number of ether oxygens (including phenoxy) is 1. The van der Waals surface area contributed by atoms with E-state index in [2.05, 4.69) is 4.98 Å². The molecule has 8 nitrogen and oxygen atoms in total. The number of piperazine rings is 1. The summed E-state index contributed by atoms with van der Waals surface area (Å²) in [6.07, 6.45) is -3.11. The summed E-state index contributed by atoms with van der Waals surface area (Å²) in [6, 6.07) is 10.7. The van der Waals surface area contributed by atoms with E-state index in [0.717, 1.165) is 22.5 Å². The van der Waals surface area contributed by atoms with Gasteiger partial charge in [-0.25, -0.2) is 17.8 Å². The summed E-state index contributed by atoms with van der Waals surface area (Å²) in [5.41, 5.74) is -0.394. The zero-order valence-corrected chi connectivity index (χ0v) is 22.3. The number of hydrogen-bond acceptors (Lipinski definition) is 7. The lowest BCUT2D eigenvalue weighted by molar-refractivity contribution is -0.141. The predicted molar refractivity (Wildman–Crippen MR) is 140 cm³/mol. The molecule has 13 heteroatoms. The Morgan fingerprint density at radius 1 is 1.07 bits per heavy atom. The van der Waals surface area contributed by atoms with Crippen LogP contribution in [0.5, 0.6) is 0 Å². The number of aromatic nitrogens is 1. The zero-order valence-electron chi connectivity index (χ0n) is 21.4. The van der Waals surface area contributed by atoms with Crippen LogP contribution in [0.2, 0.25) is 0 Å². The summed E-state index contributed by atoms with van der Waals surface area (Å²) >= 11 is 0. The van der Waals surface area contributed by atoms with Crippen molar-refractivity contribution in [2.75, 3.05) is 49.0 Å². The third-order valence-electron chi connectivity index (χ3n) is 7.13. The molecule has 0 amide bonds. The van der Waals surface area contributed by atoms with Crippen LogP contribution in [0, 0.1) is 5.82 Å². The fourth-order valence-corrected chi connectivity index (χ4v) is 6.62. The number of sulfonamides is 1. The Balaban J connectivity index is 1.57. The predicted octanol–water partition coefficient (Wildman–Crippen LogP) is 4.17. The van der Waals surface area contributed by atoms with Gasteiger partial charge in [-0.15, -0.1) is 0 Å². The molecule has 0 unspecified atom stereocenters. The van der Waals surface area contributed by atoms with Crippen LogP contribution in [-0.2, 0) is 25.7 Å². The second-order valence-electron chi connectivity index (χ2n) is 9.58. The molecule has 3 heterocycles. The number of methoxy groups -OCH3 is 1. The number of fused-ring (bicyclic) bond motifs is 3. The van der Waals surface area contributed by atoms with Crippen molar-refractivity contribution in [3.63, 3.8) is 0 Å². The number of carbonyl (C=O) groups excluding carboxylic acids is 1. The number of esters is 1. The average Bonchev–Trinajstić information content (AvgIpc) is 2.94. The van der Waals surface area contributed by atoms with Crippen molar-refractivity contribution in [2.45, 2.75) is 23.5 Å². The third kappa shape index (κ3) is 5.35. The minimum Gasteiger partial charge on any atom is -0.469 e. The number of carbonyl (C=O) groups is 1. The van der Waals surface area contributed by atoms with Gasteiger partial charge in [-0.1, -0.05) is 24.3 Å².